The van der Waals surface area contributed by atoms with E-state index < -0.39 is 6.10 Å². The number of ether oxygens (including phenoxy) is 2. The summed E-state index contributed by atoms with van der Waals surface area (Å²) >= 11 is 0. The number of β-amino-alcohol motifs (C(OH)–C–C–N with tert-alkyl or cyclic N) is 1. The third-order valence-corrected chi connectivity index (χ3v) is 7.33. The SMILES string of the molecule is COc1ccc2c(c1)c(C(O)CN1CCN(c3ccccc3OC)CC1)c(C)n2Cc1ccccc1. The summed E-state index contributed by atoms with van der Waals surface area (Å²) in [6.07, 6.45) is -0.588. The maximum Gasteiger partial charge on any atom is 0.142 e. The fourth-order valence-electron chi connectivity index (χ4n) is 5.40. The van der Waals surface area contributed by atoms with Crippen molar-refractivity contribution in [3.63, 3.8) is 0 Å². The maximum atomic E-state index is 11.5. The molecule has 4 aromatic rings. The molecule has 36 heavy (non-hydrogen) atoms. The minimum absolute atomic E-state index is 0.588. The monoisotopic (exact) mass is 485 g/mol. The van der Waals surface area contributed by atoms with Crippen molar-refractivity contribution >= 4 is 16.6 Å². The molecule has 6 nitrogen and oxygen atoms in total. The van der Waals surface area contributed by atoms with Crippen LogP contribution in [0.15, 0.2) is 72.8 Å². The van der Waals surface area contributed by atoms with Crippen LogP contribution in [-0.4, -0.2) is 61.5 Å². The molecule has 188 valence electrons. The Kier molecular flexibility index (Phi) is 7.16. The molecular weight excluding hydrogens is 450 g/mol. The topological polar surface area (TPSA) is 50.1 Å². The number of benzene rings is 3. The molecule has 1 fully saturated rings. The summed E-state index contributed by atoms with van der Waals surface area (Å²) in [7, 11) is 3.41. The first-order chi connectivity index (χ1) is 17.6. The normalized spacial score (nSPS) is 15.3. The molecule has 3 aromatic carbocycles. The van der Waals surface area contributed by atoms with Gasteiger partial charge in [-0.25, -0.2) is 0 Å². The lowest BCUT2D eigenvalue weighted by Crippen LogP contribution is -2.47. The van der Waals surface area contributed by atoms with Crippen LogP contribution >= 0.6 is 0 Å². The molecule has 1 unspecified atom stereocenters. The summed E-state index contributed by atoms with van der Waals surface area (Å²) in [5.41, 5.74) is 5.58. The summed E-state index contributed by atoms with van der Waals surface area (Å²) in [5.74, 6) is 1.71. The van der Waals surface area contributed by atoms with Crippen molar-refractivity contribution in [1.82, 2.24) is 9.47 Å². The average molecular weight is 486 g/mol. The van der Waals surface area contributed by atoms with Crippen LogP contribution in [-0.2, 0) is 6.54 Å². The predicted molar refractivity (Wildman–Crippen MR) is 145 cm³/mol. The molecule has 1 aliphatic rings. The van der Waals surface area contributed by atoms with E-state index in [0.717, 1.165) is 72.1 Å². The van der Waals surface area contributed by atoms with E-state index in [2.05, 4.69) is 69.8 Å². The second-order valence-electron chi connectivity index (χ2n) is 9.43. The number of aromatic nitrogens is 1. The molecular formula is C30H35N3O3. The molecule has 0 spiro atoms. The first kappa shape index (κ1) is 24.2. The number of para-hydroxylation sites is 2. The second-order valence-corrected chi connectivity index (χ2v) is 9.43. The van der Waals surface area contributed by atoms with Crippen LogP contribution in [0.3, 0.4) is 0 Å². The van der Waals surface area contributed by atoms with Gasteiger partial charge in [-0.3, -0.25) is 4.90 Å². The Balaban J connectivity index is 1.37. The van der Waals surface area contributed by atoms with Crippen molar-refractivity contribution < 1.29 is 14.6 Å². The van der Waals surface area contributed by atoms with Gasteiger partial charge in [-0.2, -0.15) is 0 Å². The van der Waals surface area contributed by atoms with Gasteiger partial charge in [0.25, 0.3) is 0 Å². The number of nitrogens with zero attached hydrogens (tertiary/aromatic N) is 3. The van der Waals surface area contributed by atoms with Gasteiger partial charge in [0.1, 0.15) is 11.5 Å². The summed E-state index contributed by atoms with van der Waals surface area (Å²) in [5, 5.41) is 12.6. The van der Waals surface area contributed by atoms with E-state index in [9.17, 15) is 5.11 Å². The molecule has 1 aliphatic heterocycles. The van der Waals surface area contributed by atoms with Crippen molar-refractivity contribution in [2.24, 2.45) is 0 Å². The van der Waals surface area contributed by atoms with E-state index in [1.54, 1.807) is 14.2 Å². The van der Waals surface area contributed by atoms with Gasteiger partial charge >= 0.3 is 0 Å². The van der Waals surface area contributed by atoms with Gasteiger partial charge in [-0.15, -0.1) is 0 Å². The summed E-state index contributed by atoms with van der Waals surface area (Å²) in [6.45, 7) is 7.06. The van der Waals surface area contributed by atoms with Crippen molar-refractivity contribution in [3.05, 3.63) is 89.6 Å². The lowest BCUT2D eigenvalue weighted by atomic mass is 10.0. The number of piperazine rings is 1. The van der Waals surface area contributed by atoms with Gasteiger partial charge in [-0.1, -0.05) is 42.5 Å². The van der Waals surface area contributed by atoms with Crippen LogP contribution in [0, 0.1) is 6.92 Å². The fourth-order valence-corrected chi connectivity index (χ4v) is 5.40. The highest BCUT2D eigenvalue weighted by Crippen LogP contribution is 2.35. The first-order valence-electron chi connectivity index (χ1n) is 12.6. The van der Waals surface area contributed by atoms with E-state index in [-0.39, 0.29) is 0 Å². The molecule has 0 amide bonds. The lowest BCUT2D eigenvalue weighted by molar-refractivity contribution is 0.110. The molecule has 1 atom stereocenters. The number of methoxy groups -OCH3 is 2. The van der Waals surface area contributed by atoms with Gasteiger partial charge in [-0.05, 0) is 42.8 Å². The second kappa shape index (κ2) is 10.6. The van der Waals surface area contributed by atoms with E-state index in [1.807, 2.05) is 24.3 Å². The third kappa shape index (κ3) is 4.79. The van der Waals surface area contributed by atoms with E-state index >= 15 is 0 Å². The zero-order chi connectivity index (χ0) is 25.1. The Bertz CT molecular complexity index is 1310. The van der Waals surface area contributed by atoms with Crippen LogP contribution in [0.5, 0.6) is 11.5 Å². The Morgan fingerprint density at radius 1 is 0.861 bits per heavy atom. The molecule has 1 aromatic heterocycles. The van der Waals surface area contributed by atoms with Crippen LogP contribution < -0.4 is 14.4 Å². The number of aliphatic hydroxyl groups is 1. The van der Waals surface area contributed by atoms with Crippen LogP contribution in [0.4, 0.5) is 5.69 Å². The van der Waals surface area contributed by atoms with Crippen molar-refractivity contribution in [1.29, 1.82) is 0 Å². The zero-order valence-corrected chi connectivity index (χ0v) is 21.4. The van der Waals surface area contributed by atoms with Gasteiger partial charge in [0.15, 0.2) is 0 Å². The lowest BCUT2D eigenvalue weighted by Gasteiger charge is -2.37. The number of hydrogen-bond acceptors (Lipinski definition) is 5. The molecule has 0 aliphatic carbocycles. The highest BCUT2D eigenvalue weighted by atomic mass is 16.5. The standard InChI is InChI=1S/C30H35N3O3/c1-22-30(25-19-24(35-2)13-14-26(25)33(22)20-23-9-5-4-6-10-23)28(34)21-31-15-17-32(18-16-31)27-11-7-8-12-29(27)36-3/h4-14,19,28,34H,15-18,20-21H2,1-3H3. The van der Waals surface area contributed by atoms with E-state index in [1.165, 1.54) is 5.56 Å². The quantitative estimate of drug-likeness (QED) is 0.386. The highest BCUT2D eigenvalue weighted by Gasteiger charge is 2.26. The maximum absolute atomic E-state index is 11.5. The highest BCUT2D eigenvalue weighted by molar-refractivity contribution is 5.87. The minimum atomic E-state index is -0.588. The van der Waals surface area contributed by atoms with Gasteiger partial charge in [0.05, 0.1) is 26.0 Å². The third-order valence-electron chi connectivity index (χ3n) is 7.33. The Morgan fingerprint density at radius 2 is 1.58 bits per heavy atom. The number of aliphatic hydroxyl groups excluding tert-OH is 1. The molecule has 0 radical (unpaired) electrons. The molecule has 0 bridgehead atoms. The van der Waals surface area contributed by atoms with Gasteiger partial charge in [0, 0.05) is 61.4 Å². The average Bonchev–Trinajstić information content (AvgIpc) is 3.19. The number of rotatable bonds is 8. The summed E-state index contributed by atoms with van der Waals surface area (Å²) in [6, 6.07) is 24.8. The Hall–Kier alpha value is -3.48. The van der Waals surface area contributed by atoms with Crippen molar-refractivity contribution in [2.75, 3.05) is 51.8 Å². The van der Waals surface area contributed by atoms with E-state index in [0.29, 0.717) is 6.54 Å². The smallest absolute Gasteiger partial charge is 0.142 e. The Labute approximate surface area is 213 Å². The molecule has 0 saturated carbocycles. The van der Waals surface area contributed by atoms with Crippen molar-refractivity contribution in [3.8, 4) is 11.5 Å². The summed E-state index contributed by atoms with van der Waals surface area (Å²) in [4.78, 5) is 4.72. The number of anilines is 1. The van der Waals surface area contributed by atoms with E-state index in [4.69, 9.17) is 9.47 Å². The molecule has 1 saturated heterocycles. The molecule has 1 N–H and O–H groups in total. The molecule has 2 heterocycles. The minimum Gasteiger partial charge on any atom is -0.497 e. The summed E-state index contributed by atoms with van der Waals surface area (Å²) < 4.78 is 13.4. The molecule has 6 heteroatoms. The van der Waals surface area contributed by atoms with Gasteiger partial charge in [0.2, 0.25) is 0 Å². The fraction of sp³-hybridized carbons (Fsp3) is 0.333. The van der Waals surface area contributed by atoms with Crippen LogP contribution in [0.1, 0.15) is 22.9 Å². The number of hydrogen-bond donors (Lipinski definition) is 1. The first-order valence-corrected chi connectivity index (χ1v) is 12.6. The van der Waals surface area contributed by atoms with Crippen LogP contribution in [0.25, 0.3) is 10.9 Å². The van der Waals surface area contributed by atoms with Gasteiger partial charge < -0.3 is 24.0 Å². The zero-order valence-electron chi connectivity index (χ0n) is 21.4. The largest absolute Gasteiger partial charge is 0.497 e. The van der Waals surface area contributed by atoms with Crippen LogP contribution in [0.2, 0.25) is 0 Å². The predicted octanol–water partition coefficient (Wildman–Crippen LogP) is 4.87. The van der Waals surface area contributed by atoms with Crippen molar-refractivity contribution in [2.45, 2.75) is 19.6 Å². The number of fused-ring (bicyclic) bond motifs is 1. The Morgan fingerprint density at radius 3 is 2.31 bits per heavy atom. The molecule has 5 rings (SSSR count).